The summed E-state index contributed by atoms with van der Waals surface area (Å²) >= 11 is 0. The average molecular weight is 301 g/mol. The van der Waals surface area contributed by atoms with Crippen LogP contribution in [-0.4, -0.2) is 34.9 Å². The van der Waals surface area contributed by atoms with Crippen LogP contribution in [0.4, 0.5) is 5.69 Å². The number of carboxylic acids is 1. The van der Waals surface area contributed by atoms with Gasteiger partial charge in [-0.05, 0) is 18.6 Å². The van der Waals surface area contributed by atoms with Crippen LogP contribution >= 0.6 is 0 Å². The van der Waals surface area contributed by atoms with Gasteiger partial charge in [0.2, 0.25) is 5.91 Å². The maximum absolute atomic E-state index is 12.8. The van der Waals surface area contributed by atoms with Crippen LogP contribution < -0.4 is 10.0 Å². The van der Waals surface area contributed by atoms with E-state index in [0.29, 0.717) is 24.2 Å². The number of benzene rings is 1. The van der Waals surface area contributed by atoms with Gasteiger partial charge >= 0.3 is 0 Å². The van der Waals surface area contributed by atoms with Gasteiger partial charge in [0.05, 0.1) is 17.2 Å². The molecule has 0 N–H and O–H groups in total. The number of anilines is 1. The van der Waals surface area contributed by atoms with Crippen LogP contribution in [0.25, 0.3) is 0 Å². The molecular weight excluding hydrogens is 284 g/mol. The van der Waals surface area contributed by atoms with Crippen LogP contribution in [0.1, 0.15) is 43.0 Å². The third kappa shape index (κ3) is 1.76. The molecule has 2 heterocycles. The first-order valence-corrected chi connectivity index (χ1v) is 7.49. The largest absolute Gasteiger partial charge is 0.545 e. The number of rotatable bonds is 4. The summed E-state index contributed by atoms with van der Waals surface area (Å²) in [5.41, 5.74) is -0.949. The van der Waals surface area contributed by atoms with E-state index in [9.17, 15) is 19.5 Å². The van der Waals surface area contributed by atoms with Gasteiger partial charge < -0.3 is 14.8 Å². The van der Waals surface area contributed by atoms with E-state index in [-0.39, 0.29) is 24.7 Å². The molecule has 0 unspecified atom stereocenters. The molecule has 1 aromatic carbocycles. The van der Waals surface area contributed by atoms with Crippen LogP contribution in [0.15, 0.2) is 24.3 Å². The van der Waals surface area contributed by atoms with Gasteiger partial charge in [-0.25, -0.2) is 0 Å². The molecule has 1 aromatic rings. The maximum Gasteiger partial charge on any atom is 0.258 e. The van der Waals surface area contributed by atoms with Crippen molar-refractivity contribution in [2.75, 3.05) is 11.4 Å². The fourth-order valence-corrected chi connectivity index (χ4v) is 3.37. The lowest BCUT2D eigenvalue weighted by Gasteiger charge is -2.51. The molecule has 1 saturated heterocycles. The van der Waals surface area contributed by atoms with Gasteiger partial charge in [0.1, 0.15) is 0 Å². The lowest BCUT2D eigenvalue weighted by molar-refractivity contribution is -0.318. The molecule has 3 rings (SSSR count). The van der Waals surface area contributed by atoms with E-state index in [2.05, 4.69) is 0 Å². The molecule has 0 bridgehead atoms. The predicted molar refractivity (Wildman–Crippen MR) is 76.8 cm³/mol. The summed E-state index contributed by atoms with van der Waals surface area (Å²) < 4.78 is 0. The number of nitrogens with zero attached hydrogens (tertiary/aromatic N) is 2. The van der Waals surface area contributed by atoms with Crippen molar-refractivity contribution in [2.24, 2.45) is 0 Å². The Balaban J connectivity index is 2.21. The van der Waals surface area contributed by atoms with Gasteiger partial charge in [0, 0.05) is 19.4 Å². The molecule has 0 saturated carbocycles. The Hall–Kier alpha value is -2.37. The summed E-state index contributed by atoms with van der Waals surface area (Å²) in [6.45, 7) is 2.26. The Morgan fingerprint density at radius 1 is 1.32 bits per heavy atom. The first-order valence-electron chi connectivity index (χ1n) is 7.49. The number of hydrogen-bond acceptors (Lipinski definition) is 4. The highest BCUT2D eigenvalue weighted by atomic mass is 16.4. The van der Waals surface area contributed by atoms with Crippen molar-refractivity contribution in [1.29, 1.82) is 0 Å². The van der Waals surface area contributed by atoms with Crippen molar-refractivity contribution in [3.05, 3.63) is 29.8 Å². The average Bonchev–Trinajstić information content (AvgIpc) is 2.86. The molecule has 6 heteroatoms. The topological polar surface area (TPSA) is 80.8 Å². The predicted octanol–water partition coefficient (Wildman–Crippen LogP) is 0.515. The quantitative estimate of drug-likeness (QED) is 0.812. The molecule has 0 aliphatic carbocycles. The normalized spacial score (nSPS) is 23.5. The molecule has 6 nitrogen and oxygen atoms in total. The smallest absolute Gasteiger partial charge is 0.258 e. The number of aliphatic carboxylic acids is 1. The van der Waals surface area contributed by atoms with Gasteiger partial charge in [0.15, 0.2) is 5.66 Å². The van der Waals surface area contributed by atoms with Gasteiger partial charge in [-0.1, -0.05) is 25.5 Å². The molecule has 1 atom stereocenters. The summed E-state index contributed by atoms with van der Waals surface area (Å²) in [7, 11) is 0. The SMILES string of the molecule is CCCCN1C(=O)c2ccccc2N2C(=O)CC[C@]12C(=O)[O-]. The highest BCUT2D eigenvalue weighted by Crippen LogP contribution is 2.44. The second-order valence-corrected chi connectivity index (χ2v) is 5.66. The highest BCUT2D eigenvalue weighted by Gasteiger charge is 2.56. The number of amides is 2. The summed E-state index contributed by atoms with van der Waals surface area (Å²) in [6.07, 6.45) is 1.66. The summed E-state index contributed by atoms with van der Waals surface area (Å²) in [5, 5.41) is 11.9. The zero-order chi connectivity index (χ0) is 15.9. The Morgan fingerprint density at radius 3 is 2.73 bits per heavy atom. The lowest BCUT2D eigenvalue weighted by Crippen LogP contribution is -2.71. The maximum atomic E-state index is 12.8. The van der Waals surface area contributed by atoms with Gasteiger partial charge in [0.25, 0.3) is 5.91 Å². The number of carbonyl (C=O) groups is 3. The molecule has 116 valence electrons. The lowest BCUT2D eigenvalue weighted by atomic mass is 9.96. The molecule has 0 aromatic heterocycles. The molecule has 2 amide bonds. The van der Waals surface area contributed by atoms with Crippen molar-refractivity contribution in [2.45, 2.75) is 38.3 Å². The molecular formula is C16H17N2O4-. The number of carbonyl (C=O) groups excluding carboxylic acids is 3. The van der Waals surface area contributed by atoms with Crippen LogP contribution in [0.2, 0.25) is 0 Å². The van der Waals surface area contributed by atoms with Crippen molar-refractivity contribution in [3.8, 4) is 0 Å². The standard InChI is InChI=1S/C16H18N2O4/c1-2-3-10-17-14(20)11-6-4-5-7-12(11)18-13(19)8-9-16(17,18)15(21)22/h4-7H,2-3,8-10H2,1H3,(H,21,22)/p-1/t16-/m0/s1. The van der Waals surface area contributed by atoms with Gasteiger partial charge in [-0.2, -0.15) is 0 Å². The molecule has 2 aliphatic rings. The fourth-order valence-electron chi connectivity index (χ4n) is 3.37. The minimum atomic E-state index is -1.68. The Kier molecular flexibility index (Phi) is 3.39. The Labute approximate surface area is 128 Å². The minimum absolute atomic E-state index is 0.0674. The Morgan fingerprint density at radius 2 is 2.05 bits per heavy atom. The number of hydrogen-bond donors (Lipinski definition) is 0. The van der Waals surface area contributed by atoms with Gasteiger partial charge in [-0.15, -0.1) is 0 Å². The van der Waals surface area contributed by atoms with Crippen molar-refractivity contribution in [3.63, 3.8) is 0 Å². The second-order valence-electron chi connectivity index (χ2n) is 5.66. The molecule has 22 heavy (non-hydrogen) atoms. The third-order valence-electron chi connectivity index (χ3n) is 4.44. The van der Waals surface area contributed by atoms with Crippen LogP contribution in [0.5, 0.6) is 0 Å². The van der Waals surface area contributed by atoms with Crippen LogP contribution in [0, 0.1) is 0 Å². The fraction of sp³-hybridized carbons (Fsp3) is 0.438. The van der Waals surface area contributed by atoms with E-state index in [4.69, 9.17) is 0 Å². The molecule has 0 radical (unpaired) electrons. The number of para-hydroxylation sites is 1. The van der Waals surface area contributed by atoms with Crippen molar-refractivity contribution >= 4 is 23.5 Å². The first kappa shape index (κ1) is 14.6. The number of fused-ring (bicyclic) bond motifs is 3. The third-order valence-corrected chi connectivity index (χ3v) is 4.44. The van der Waals surface area contributed by atoms with E-state index < -0.39 is 11.6 Å². The first-order chi connectivity index (χ1) is 10.5. The number of unbranched alkanes of at least 4 members (excludes halogenated alkanes) is 1. The minimum Gasteiger partial charge on any atom is -0.545 e. The van der Waals surface area contributed by atoms with E-state index in [1.165, 1.54) is 9.80 Å². The molecule has 2 aliphatic heterocycles. The zero-order valence-electron chi connectivity index (χ0n) is 12.4. The monoisotopic (exact) mass is 301 g/mol. The van der Waals surface area contributed by atoms with E-state index in [1.54, 1.807) is 24.3 Å². The Bertz CT molecular complexity index is 657. The number of carboxylic acid groups (broad SMARTS) is 1. The molecule has 1 fully saturated rings. The summed E-state index contributed by atoms with van der Waals surface area (Å²) in [4.78, 5) is 39.6. The van der Waals surface area contributed by atoms with E-state index >= 15 is 0 Å². The zero-order valence-corrected chi connectivity index (χ0v) is 12.4. The van der Waals surface area contributed by atoms with Crippen LogP contribution in [-0.2, 0) is 9.59 Å². The van der Waals surface area contributed by atoms with E-state index in [0.717, 1.165) is 6.42 Å². The van der Waals surface area contributed by atoms with E-state index in [1.807, 2.05) is 6.92 Å². The second kappa shape index (κ2) is 5.12. The van der Waals surface area contributed by atoms with Gasteiger partial charge in [-0.3, -0.25) is 14.5 Å². The molecule has 0 spiro atoms. The summed E-state index contributed by atoms with van der Waals surface area (Å²) in [6, 6.07) is 6.65. The summed E-state index contributed by atoms with van der Waals surface area (Å²) in [5.74, 6) is -2.03. The highest BCUT2D eigenvalue weighted by molar-refractivity contribution is 6.15. The van der Waals surface area contributed by atoms with Crippen molar-refractivity contribution in [1.82, 2.24) is 4.90 Å². The van der Waals surface area contributed by atoms with Crippen LogP contribution in [0.3, 0.4) is 0 Å². The van der Waals surface area contributed by atoms with Crippen molar-refractivity contribution < 1.29 is 19.5 Å².